The molecule has 7 nitrogen and oxygen atoms in total. The van der Waals surface area contributed by atoms with Gasteiger partial charge >= 0.3 is 5.97 Å². The number of aliphatic carboxylic acids is 1. The summed E-state index contributed by atoms with van der Waals surface area (Å²) in [5.41, 5.74) is 1.07. The van der Waals surface area contributed by atoms with E-state index in [-0.39, 0.29) is 24.6 Å². The zero-order chi connectivity index (χ0) is 14.0. The summed E-state index contributed by atoms with van der Waals surface area (Å²) in [7, 11) is 0. The van der Waals surface area contributed by atoms with E-state index in [0.717, 1.165) is 10.5 Å². The Labute approximate surface area is 109 Å². The molecule has 1 saturated heterocycles. The first-order valence-electron chi connectivity index (χ1n) is 5.71. The summed E-state index contributed by atoms with van der Waals surface area (Å²) in [5, 5.41) is 11.5. The van der Waals surface area contributed by atoms with Crippen LogP contribution in [0, 0.1) is 6.92 Å². The van der Waals surface area contributed by atoms with E-state index in [4.69, 9.17) is 5.11 Å². The molecule has 7 heteroatoms. The Morgan fingerprint density at radius 2 is 2.21 bits per heavy atom. The van der Waals surface area contributed by atoms with Crippen LogP contribution in [0.3, 0.4) is 0 Å². The van der Waals surface area contributed by atoms with E-state index in [0.29, 0.717) is 0 Å². The van der Waals surface area contributed by atoms with Crippen molar-refractivity contribution >= 4 is 17.8 Å². The number of carbonyl (C=O) groups is 3. The molecule has 2 rings (SSSR count). The lowest BCUT2D eigenvalue weighted by atomic mass is 10.1. The summed E-state index contributed by atoms with van der Waals surface area (Å²) in [6, 6.07) is 0.562. The molecule has 1 atom stereocenters. The van der Waals surface area contributed by atoms with Crippen LogP contribution >= 0.6 is 0 Å². The van der Waals surface area contributed by atoms with Gasteiger partial charge in [-0.1, -0.05) is 0 Å². The number of nitrogens with zero attached hydrogens (tertiary/aromatic N) is 2. The number of aryl methyl sites for hydroxylation is 1. The van der Waals surface area contributed by atoms with Crippen LogP contribution in [0.25, 0.3) is 0 Å². The van der Waals surface area contributed by atoms with Crippen molar-refractivity contribution in [3.8, 4) is 0 Å². The van der Waals surface area contributed by atoms with Crippen molar-refractivity contribution in [3.05, 3.63) is 29.6 Å². The molecule has 1 aliphatic heterocycles. The molecular weight excluding hydrogens is 250 g/mol. The van der Waals surface area contributed by atoms with Gasteiger partial charge in [0.25, 0.3) is 5.91 Å². The number of piperazine rings is 1. The molecule has 0 aromatic carbocycles. The third-order valence-corrected chi connectivity index (χ3v) is 2.85. The van der Waals surface area contributed by atoms with Crippen LogP contribution in [0.15, 0.2) is 18.5 Å². The van der Waals surface area contributed by atoms with E-state index in [1.165, 1.54) is 6.20 Å². The second kappa shape index (κ2) is 5.05. The maximum atomic E-state index is 12.3. The topological polar surface area (TPSA) is 99.6 Å². The van der Waals surface area contributed by atoms with Crippen LogP contribution in [0.4, 0.5) is 0 Å². The second-order valence-corrected chi connectivity index (χ2v) is 4.34. The molecular formula is C12H13N3O4. The minimum Gasteiger partial charge on any atom is -0.480 e. The highest BCUT2D eigenvalue weighted by molar-refractivity contribution is 5.99. The molecule has 0 bridgehead atoms. The van der Waals surface area contributed by atoms with Crippen LogP contribution in [-0.4, -0.2) is 51.9 Å². The van der Waals surface area contributed by atoms with Gasteiger partial charge in [0.1, 0.15) is 12.6 Å². The fourth-order valence-corrected chi connectivity index (χ4v) is 1.91. The van der Waals surface area contributed by atoms with Gasteiger partial charge in [0.2, 0.25) is 5.91 Å². The second-order valence-electron chi connectivity index (χ2n) is 4.34. The maximum Gasteiger partial charge on any atom is 0.328 e. The quantitative estimate of drug-likeness (QED) is 0.743. The predicted octanol–water partition coefficient (Wildman–Crippen LogP) is -0.585. The van der Waals surface area contributed by atoms with Crippen LogP contribution in [0.5, 0.6) is 0 Å². The van der Waals surface area contributed by atoms with Gasteiger partial charge in [-0.05, 0) is 18.6 Å². The number of hydrogen-bond donors (Lipinski definition) is 2. The predicted molar refractivity (Wildman–Crippen MR) is 64.4 cm³/mol. The molecule has 100 valence electrons. The molecule has 1 aromatic rings. The molecule has 0 aliphatic carbocycles. The van der Waals surface area contributed by atoms with Crippen molar-refractivity contribution in [3.63, 3.8) is 0 Å². The van der Waals surface area contributed by atoms with E-state index < -0.39 is 17.9 Å². The van der Waals surface area contributed by atoms with Crippen molar-refractivity contribution in [2.45, 2.75) is 13.0 Å². The van der Waals surface area contributed by atoms with Gasteiger partial charge in [-0.25, -0.2) is 4.79 Å². The lowest BCUT2D eigenvalue weighted by molar-refractivity contribution is -0.144. The van der Waals surface area contributed by atoms with Gasteiger partial charge < -0.3 is 15.3 Å². The number of carboxylic acids is 1. The van der Waals surface area contributed by atoms with E-state index in [2.05, 4.69) is 10.3 Å². The summed E-state index contributed by atoms with van der Waals surface area (Å²) in [6.07, 6.45) is 2.95. The van der Waals surface area contributed by atoms with E-state index in [1.54, 1.807) is 19.2 Å². The molecule has 0 radical (unpaired) electrons. The lowest BCUT2D eigenvalue weighted by Crippen LogP contribution is -2.59. The highest BCUT2D eigenvalue weighted by Crippen LogP contribution is 2.11. The fourth-order valence-electron chi connectivity index (χ4n) is 1.91. The Balaban J connectivity index is 2.28. The Kier molecular flexibility index (Phi) is 3.46. The highest BCUT2D eigenvalue weighted by Gasteiger charge is 2.35. The Hall–Kier alpha value is -2.44. The fraction of sp³-hybridized carbons (Fsp3) is 0.333. The van der Waals surface area contributed by atoms with Gasteiger partial charge in [0.05, 0.1) is 5.56 Å². The number of nitrogens with one attached hydrogen (secondary N) is 1. The number of hydrogen-bond acceptors (Lipinski definition) is 4. The summed E-state index contributed by atoms with van der Waals surface area (Å²) >= 11 is 0. The number of carboxylic acid groups (broad SMARTS) is 1. The molecule has 1 aromatic heterocycles. The average molecular weight is 263 g/mol. The Morgan fingerprint density at radius 1 is 1.47 bits per heavy atom. The highest BCUT2D eigenvalue weighted by atomic mass is 16.4. The van der Waals surface area contributed by atoms with Crippen molar-refractivity contribution in [2.24, 2.45) is 0 Å². The van der Waals surface area contributed by atoms with Crippen LogP contribution in [0.1, 0.15) is 15.9 Å². The number of pyridine rings is 1. The van der Waals surface area contributed by atoms with Crippen molar-refractivity contribution < 1.29 is 19.5 Å². The number of rotatable bonds is 2. The van der Waals surface area contributed by atoms with E-state index in [1.807, 2.05) is 0 Å². The monoisotopic (exact) mass is 263 g/mol. The van der Waals surface area contributed by atoms with Crippen molar-refractivity contribution in [1.29, 1.82) is 0 Å². The zero-order valence-electron chi connectivity index (χ0n) is 10.3. The molecule has 2 N–H and O–H groups in total. The molecule has 19 heavy (non-hydrogen) atoms. The van der Waals surface area contributed by atoms with Crippen LogP contribution in [0.2, 0.25) is 0 Å². The first-order chi connectivity index (χ1) is 8.99. The van der Waals surface area contributed by atoms with Gasteiger partial charge in [-0.2, -0.15) is 0 Å². The molecule has 1 fully saturated rings. The first-order valence-corrected chi connectivity index (χ1v) is 5.71. The Bertz CT molecular complexity index is 544. The van der Waals surface area contributed by atoms with Crippen molar-refractivity contribution in [1.82, 2.24) is 15.2 Å². The SMILES string of the molecule is Cc1cncc(C(=O)N2CC(=O)NCC2C(=O)O)c1. The summed E-state index contributed by atoms with van der Waals surface area (Å²) < 4.78 is 0. The largest absolute Gasteiger partial charge is 0.480 e. The number of amides is 2. The standard InChI is InChI=1S/C12H13N3O4/c1-7-2-8(4-13-3-7)11(17)15-6-10(16)14-5-9(15)12(18)19/h2-4,9H,5-6H2,1H3,(H,14,16)(H,18,19). The number of carbonyl (C=O) groups excluding carboxylic acids is 2. The maximum absolute atomic E-state index is 12.3. The average Bonchev–Trinajstić information content (AvgIpc) is 2.37. The van der Waals surface area contributed by atoms with Crippen LogP contribution < -0.4 is 5.32 Å². The van der Waals surface area contributed by atoms with Crippen molar-refractivity contribution in [2.75, 3.05) is 13.1 Å². The molecule has 1 aliphatic rings. The van der Waals surface area contributed by atoms with Gasteiger partial charge in [-0.15, -0.1) is 0 Å². The first kappa shape index (κ1) is 13.0. The lowest BCUT2D eigenvalue weighted by Gasteiger charge is -2.32. The van der Waals surface area contributed by atoms with E-state index in [9.17, 15) is 14.4 Å². The molecule has 0 spiro atoms. The third kappa shape index (κ3) is 2.70. The summed E-state index contributed by atoms with van der Waals surface area (Å²) in [6.45, 7) is 1.43. The van der Waals surface area contributed by atoms with Crippen LogP contribution in [-0.2, 0) is 9.59 Å². The minimum atomic E-state index is -1.14. The summed E-state index contributed by atoms with van der Waals surface area (Å²) in [5.74, 6) is -2.01. The minimum absolute atomic E-state index is 0.0842. The Morgan fingerprint density at radius 3 is 2.84 bits per heavy atom. The van der Waals surface area contributed by atoms with E-state index >= 15 is 0 Å². The summed E-state index contributed by atoms with van der Waals surface area (Å²) in [4.78, 5) is 39.6. The zero-order valence-corrected chi connectivity index (χ0v) is 10.3. The normalized spacial score (nSPS) is 18.9. The molecule has 2 amide bonds. The smallest absolute Gasteiger partial charge is 0.328 e. The molecule has 2 heterocycles. The third-order valence-electron chi connectivity index (χ3n) is 2.85. The van der Waals surface area contributed by atoms with Gasteiger partial charge in [0, 0.05) is 18.9 Å². The number of aromatic nitrogens is 1. The van der Waals surface area contributed by atoms with Gasteiger partial charge in [-0.3, -0.25) is 14.6 Å². The molecule has 1 unspecified atom stereocenters. The molecule has 0 saturated carbocycles. The van der Waals surface area contributed by atoms with Gasteiger partial charge in [0.15, 0.2) is 0 Å².